The van der Waals surface area contributed by atoms with Gasteiger partial charge in [0.15, 0.2) is 5.78 Å². The SMILES string of the molecule is CNCC(=O)c1cccc2[nH]cc(Cl)c12. The van der Waals surface area contributed by atoms with Gasteiger partial charge in [0.1, 0.15) is 0 Å². The number of ketones is 1. The van der Waals surface area contributed by atoms with Crippen molar-refractivity contribution in [3.8, 4) is 0 Å². The first-order valence-corrected chi connectivity index (χ1v) is 5.05. The molecule has 1 aromatic carbocycles. The van der Waals surface area contributed by atoms with E-state index >= 15 is 0 Å². The fourth-order valence-corrected chi connectivity index (χ4v) is 1.89. The number of fused-ring (bicyclic) bond motifs is 1. The number of aromatic nitrogens is 1. The molecule has 0 aliphatic rings. The van der Waals surface area contributed by atoms with E-state index in [1.807, 2.05) is 12.1 Å². The van der Waals surface area contributed by atoms with Gasteiger partial charge < -0.3 is 10.3 Å². The summed E-state index contributed by atoms with van der Waals surface area (Å²) in [6.45, 7) is 0.320. The third kappa shape index (κ3) is 1.76. The fraction of sp³-hybridized carbons (Fsp3) is 0.182. The molecule has 0 radical (unpaired) electrons. The van der Waals surface area contributed by atoms with Crippen molar-refractivity contribution in [2.24, 2.45) is 0 Å². The lowest BCUT2D eigenvalue weighted by Crippen LogP contribution is -2.18. The lowest BCUT2D eigenvalue weighted by Gasteiger charge is -2.02. The number of hydrogen-bond donors (Lipinski definition) is 2. The third-order valence-corrected chi connectivity index (χ3v) is 2.59. The summed E-state index contributed by atoms with van der Waals surface area (Å²) in [5, 5.41) is 4.23. The maximum atomic E-state index is 11.8. The Hall–Kier alpha value is -1.32. The first-order chi connectivity index (χ1) is 7.24. The zero-order valence-corrected chi connectivity index (χ0v) is 9.06. The summed E-state index contributed by atoms with van der Waals surface area (Å²) in [5.74, 6) is 0.0459. The van der Waals surface area contributed by atoms with Crippen LogP contribution < -0.4 is 5.32 Å². The van der Waals surface area contributed by atoms with Crippen molar-refractivity contribution < 1.29 is 4.79 Å². The van der Waals surface area contributed by atoms with Gasteiger partial charge in [-0.05, 0) is 13.1 Å². The van der Waals surface area contributed by atoms with Crippen LogP contribution in [0.1, 0.15) is 10.4 Å². The second kappa shape index (κ2) is 4.04. The minimum absolute atomic E-state index is 0.0459. The topological polar surface area (TPSA) is 44.9 Å². The highest BCUT2D eigenvalue weighted by Crippen LogP contribution is 2.26. The lowest BCUT2D eigenvalue weighted by atomic mass is 10.1. The highest BCUT2D eigenvalue weighted by atomic mass is 35.5. The Labute approximate surface area is 92.4 Å². The Morgan fingerprint density at radius 3 is 3.07 bits per heavy atom. The van der Waals surface area contributed by atoms with Crippen molar-refractivity contribution in [3.63, 3.8) is 0 Å². The van der Waals surface area contributed by atoms with Crippen molar-refractivity contribution in [3.05, 3.63) is 35.0 Å². The number of benzene rings is 1. The number of rotatable bonds is 3. The molecular weight excluding hydrogens is 212 g/mol. The molecule has 1 heterocycles. The molecule has 78 valence electrons. The smallest absolute Gasteiger partial charge is 0.177 e. The number of halogens is 1. The van der Waals surface area contributed by atoms with E-state index in [9.17, 15) is 4.79 Å². The number of nitrogens with one attached hydrogen (secondary N) is 2. The summed E-state index contributed by atoms with van der Waals surface area (Å²) in [5.41, 5.74) is 1.55. The van der Waals surface area contributed by atoms with Gasteiger partial charge in [0, 0.05) is 22.7 Å². The molecule has 0 amide bonds. The molecule has 3 nitrogen and oxygen atoms in total. The van der Waals surface area contributed by atoms with Crippen LogP contribution in [0.2, 0.25) is 5.02 Å². The normalized spacial score (nSPS) is 10.8. The van der Waals surface area contributed by atoms with E-state index in [1.54, 1.807) is 19.3 Å². The molecule has 1 aromatic heterocycles. The minimum Gasteiger partial charge on any atom is -0.360 e. The summed E-state index contributed by atoms with van der Waals surface area (Å²) in [4.78, 5) is 14.8. The first kappa shape index (κ1) is 10.2. The van der Waals surface area contributed by atoms with Crippen LogP contribution in [0.5, 0.6) is 0 Å². The van der Waals surface area contributed by atoms with E-state index < -0.39 is 0 Å². The first-order valence-electron chi connectivity index (χ1n) is 4.67. The maximum absolute atomic E-state index is 11.8. The van der Waals surface area contributed by atoms with Gasteiger partial charge in [0.2, 0.25) is 0 Å². The van der Waals surface area contributed by atoms with Crippen molar-refractivity contribution in [2.75, 3.05) is 13.6 Å². The Morgan fingerprint density at radius 1 is 1.53 bits per heavy atom. The van der Waals surface area contributed by atoms with Gasteiger partial charge in [0.05, 0.1) is 11.6 Å². The molecule has 15 heavy (non-hydrogen) atoms. The van der Waals surface area contributed by atoms with Crippen LogP contribution in [0.3, 0.4) is 0 Å². The molecule has 4 heteroatoms. The second-order valence-electron chi connectivity index (χ2n) is 3.32. The zero-order chi connectivity index (χ0) is 10.8. The number of aromatic amines is 1. The molecule has 2 aromatic rings. The van der Waals surface area contributed by atoms with Crippen LogP contribution in [0, 0.1) is 0 Å². The standard InChI is InChI=1S/C11H11ClN2O/c1-13-6-10(15)7-3-2-4-9-11(7)8(12)5-14-9/h2-5,13-14H,6H2,1H3. The molecule has 0 fully saturated rings. The van der Waals surface area contributed by atoms with Gasteiger partial charge in [-0.1, -0.05) is 23.7 Å². The van der Waals surface area contributed by atoms with Gasteiger partial charge in [-0.25, -0.2) is 0 Å². The summed E-state index contributed by atoms with van der Waals surface area (Å²) in [6.07, 6.45) is 1.70. The number of H-pyrrole nitrogens is 1. The van der Waals surface area contributed by atoms with Crippen LogP contribution in [0.15, 0.2) is 24.4 Å². The van der Waals surface area contributed by atoms with E-state index in [2.05, 4.69) is 10.3 Å². The molecule has 0 aliphatic carbocycles. The van der Waals surface area contributed by atoms with Gasteiger partial charge >= 0.3 is 0 Å². The van der Waals surface area contributed by atoms with Crippen molar-refractivity contribution in [2.45, 2.75) is 0 Å². The summed E-state index contributed by atoms with van der Waals surface area (Å²) >= 11 is 6.02. The number of hydrogen-bond acceptors (Lipinski definition) is 2. The molecule has 0 saturated carbocycles. The quantitative estimate of drug-likeness (QED) is 0.783. The summed E-state index contributed by atoms with van der Waals surface area (Å²) in [7, 11) is 1.75. The van der Waals surface area contributed by atoms with Gasteiger partial charge in [-0.3, -0.25) is 4.79 Å². The van der Waals surface area contributed by atoms with E-state index in [1.165, 1.54) is 0 Å². The van der Waals surface area contributed by atoms with Crippen LogP contribution >= 0.6 is 11.6 Å². The monoisotopic (exact) mass is 222 g/mol. The zero-order valence-electron chi connectivity index (χ0n) is 8.30. The third-order valence-electron chi connectivity index (χ3n) is 2.30. The number of Topliss-reactive ketones (excluding diaryl/α,β-unsaturated/α-hetero) is 1. The molecule has 0 unspecified atom stereocenters. The van der Waals surface area contributed by atoms with Crippen molar-refractivity contribution in [1.82, 2.24) is 10.3 Å². The van der Waals surface area contributed by atoms with Crippen LogP contribution in [-0.2, 0) is 0 Å². The van der Waals surface area contributed by atoms with Gasteiger partial charge in [-0.15, -0.1) is 0 Å². The van der Waals surface area contributed by atoms with E-state index in [0.717, 1.165) is 10.9 Å². The predicted molar refractivity (Wildman–Crippen MR) is 61.6 cm³/mol. The minimum atomic E-state index is 0.0459. The molecule has 0 atom stereocenters. The van der Waals surface area contributed by atoms with Crippen LogP contribution in [0.25, 0.3) is 10.9 Å². The summed E-state index contributed by atoms with van der Waals surface area (Å²) < 4.78 is 0. The lowest BCUT2D eigenvalue weighted by molar-refractivity contribution is 0.0995. The predicted octanol–water partition coefficient (Wildman–Crippen LogP) is 2.22. The van der Waals surface area contributed by atoms with Crippen molar-refractivity contribution in [1.29, 1.82) is 0 Å². The average Bonchev–Trinajstić information content (AvgIpc) is 2.61. The highest BCUT2D eigenvalue weighted by Gasteiger charge is 2.12. The van der Waals surface area contributed by atoms with Gasteiger partial charge in [0.25, 0.3) is 0 Å². The molecule has 0 saturated heterocycles. The van der Waals surface area contributed by atoms with E-state index in [0.29, 0.717) is 17.1 Å². The molecular formula is C11H11ClN2O. The van der Waals surface area contributed by atoms with Crippen LogP contribution in [0.4, 0.5) is 0 Å². The molecule has 0 aliphatic heterocycles. The van der Waals surface area contributed by atoms with E-state index in [4.69, 9.17) is 11.6 Å². The fourth-order valence-electron chi connectivity index (χ4n) is 1.63. The average molecular weight is 223 g/mol. The van der Waals surface area contributed by atoms with E-state index in [-0.39, 0.29) is 5.78 Å². The highest BCUT2D eigenvalue weighted by molar-refractivity contribution is 6.37. The van der Waals surface area contributed by atoms with Gasteiger partial charge in [-0.2, -0.15) is 0 Å². The Kier molecular flexibility index (Phi) is 2.75. The second-order valence-corrected chi connectivity index (χ2v) is 3.73. The largest absolute Gasteiger partial charge is 0.360 e. The Balaban J connectivity index is 2.59. The molecule has 0 bridgehead atoms. The molecule has 0 spiro atoms. The van der Waals surface area contributed by atoms with Crippen molar-refractivity contribution >= 4 is 28.3 Å². The maximum Gasteiger partial charge on any atom is 0.177 e. The number of carbonyl (C=O) groups is 1. The number of likely N-dealkylation sites (N-methyl/N-ethyl adjacent to an activating group) is 1. The number of carbonyl (C=O) groups excluding carboxylic acids is 1. The summed E-state index contributed by atoms with van der Waals surface area (Å²) in [6, 6.07) is 5.54. The Bertz CT molecular complexity index is 504. The van der Waals surface area contributed by atoms with Crippen LogP contribution in [-0.4, -0.2) is 24.4 Å². The Morgan fingerprint density at radius 2 is 2.33 bits per heavy atom. The molecule has 2 N–H and O–H groups in total. The molecule has 2 rings (SSSR count).